The van der Waals surface area contributed by atoms with Gasteiger partial charge in [0.05, 0.1) is 39.0 Å². The summed E-state index contributed by atoms with van der Waals surface area (Å²) < 4.78 is 17.3. The van der Waals surface area contributed by atoms with Crippen LogP contribution in [0.15, 0.2) is 40.4 Å². The SMILES string of the molecule is COc1c(OCCCN2CCOCC2)ccc2c1N=C(NC(=O)c1ccc(N3CC[C@@H](N)C3)nc1)N1CCN=C21.Cl. The fourth-order valence-electron chi connectivity index (χ4n) is 5.47. The van der Waals surface area contributed by atoms with Gasteiger partial charge in [0, 0.05) is 57.1 Å². The van der Waals surface area contributed by atoms with Crippen molar-refractivity contribution < 1.29 is 19.0 Å². The molecule has 0 unspecified atom stereocenters. The summed E-state index contributed by atoms with van der Waals surface area (Å²) in [6.07, 6.45) is 3.42. The molecule has 0 bridgehead atoms. The number of aliphatic imine (C=N–C) groups is 2. The standard InChI is InChI=1S/C28H36N8O4.ClH/c1-38-25-22(40-14-2-9-34-12-15-39-16-13-34)5-4-21-24(25)32-28(36-11-8-30-26(21)36)33-27(37)19-3-6-23(31-17-19)35-10-7-20(29)18-35;/h3-6,17,20H,2,7-16,18,29H2,1H3,(H,32,33,37);1H/t20-;/m1./s1. The van der Waals surface area contributed by atoms with Crippen molar-refractivity contribution in [3.8, 4) is 11.5 Å². The number of guanidine groups is 1. The van der Waals surface area contributed by atoms with Gasteiger partial charge in [0.15, 0.2) is 11.5 Å². The largest absolute Gasteiger partial charge is 0.491 e. The summed E-state index contributed by atoms with van der Waals surface area (Å²) in [6, 6.07) is 7.67. The molecule has 220 valence electrons. The van der Waals surface area contributed by atoms with Gasteiger partial charge in [-0.3, -0.25) is 24.9 Å². The van der Waals surface area contributed by atoms with E-state index in [0.717, 1.165) is 76.0 Å². The maximum atomic E-state index is 13.2. The summed E-state index contributed by atoms with van der Waals surface area (Å²) in [7, 11) is 1.60. The van der Waals surface area contributed by atoms with Crippen molar-refractivity contribution in [3.63, 3.8) is 0 Å². The minimum absolute atomic E-state index is 0. The van der Waals surface area contributed by atoms with E-state index in [4.69, 9.17) is 29.9 Å². The average Bonchev–Trinajstić information content (AvgIpc) is 3.66. The molecule has 2 fully saturated rings. The predicted molar refractivity (Wildman–Crippen MR) is 159 cm³/mol. The highest BCUT2D eigenvalue weighted by Crippen LogP contribution is 2.43. The Morgan fingerprint density at radius 3 is 2.76 bits per heavy atom. The van der Waals surface area contributed by atoms with Gasteiger partial charge < -0.3 is 24.8 Å². The number of halogens is 1. The Morgan fingerprint density at radius 1 is 1.17 bits per heavy atom. The van der Waals surface area contributed by atoms with E-state index in [2.05, 4.69) is 20.1 Å². The minimum Gasteiger partial charge on any atom is -0.491 e. The second-order valence-electron chi connectivity index (χ2n) is 10.3. The number of pyridine rings is 1. The molecule has 1 aromatic heterocycles. The first-order chi connectivity index (χ1) is 19.6. The van der Waals surface area contributed by atoms with Crippen LogP contribution >= 0.6 is 12.4 Å². The topological polar surface area (TPSA) is 130 Å². The first kappa shape index (κ1) is 29.1. The normalized spacial score (nSPS) is 20.0. The molecule has 4 aliphatic rings. The van der Waals surface area contributed by atoms with Crippen LogP contribution in [0, 0.1) is 0 Å². The van der Waals surface area contributed by atoms with E-state index in [-0.39, 0.29) is 24.4 Å². The summed E-state index contributed by atoms with van der Waals surface area (Å²) >= 11 is 0. The summed E-state index contributed by atoms with van der Waals surface area (Å²) in [4.78, 5) is 33.7. The Labute approximate surface area is 246 Å². The third kappa shape index (κ3) is 6.25. The number of anilines is 1. The molecule has 5 heterocycles. The number of nitrogens with two attached hydrogens (primary N) is 1. The van der Waals surface area contributed by atoms with E-state index in [1.807, 2.05) is 23.1 Å². The lowest BCUT2D eigenvalue weighted by Gasteiger charge is -2.29. The number of nitrogens with one attached hydrogen (secondary N) is 1. The number of aromatic nitrogens is 1. The molecule has 41 heavy (non-hydrogen) atoms. The van der Waals surface area contributed by atoms with Crippen LogP contribution in [0.3, 0.4) is 0 Å². The van der Waals surface area contributed by atoms with E-state index >= 15 is 0 Å². The number of rotatable bonds is 8. The highest BCUT2D eigenvalue weighted by molar-refractivity contribution is 6.20. The quantitative estimate of drug-likeness (QED) is 0.445. The summed E-state index contributed by atoms with van der Waals surface area (Å²) in [5.74, 6) is 2.85. The Bertz CT molecular complexity index is 1300. The van der Waals surface area contributed by atoms with Crippen molar-refractivity contribution in [1.29, 1.82) is 0 Å². The number of benzene rings is 1. The Morgan fingerprint density at radius 2 is 2.02 bits per heavy atom. The van der Waals surface area contributed by atoms with Crippen LogP contribution in [0.5, 0.6) is 11.5 Å². The zero-order chi connectivity index (χ0) is 27.5. The van der Waals surface area contributed by atoms with Crippen molar-refractivity contribution >= 4 is 41.6 Å². The fourth-order valence-corrected chi connectivity index (χ4v) is 5.47. The molecule has 3 N–H and O–H groups in total. The molecule has 0 saturated carbocycles. The first-order valence-electron chi connectivity index (χ1n) is 13.9. The van der Waals surface area contributed by atoms with E-state index < -0.39 is 0 Å². The third-order valence-corrected chi connectivity index (χ3v) is 7.62. The number of fused-ring (bicyclic) bond motifs is 3. The molecule has 12 nitrogen and oxygen atoms in total. The van der Waals surface area contributed by atoms with Gasteiger partial charge in [0.25, 0.3) is 5.91 Å². The minimum atomic E-state index is -0.292. The van der Waals surface area contributed by atoms with Crippen LogP contribution in [0.2, 0.25) is 0 Å². The molecule has 1 atom stereocenters. The molecule has 13 heteroatoms. The first-order valence-corrected chi connectivity index (χ1v) is 13.9. The molecule has 2 saturated heterocycles. The Kier molecular flexibility index (Phi) is 9.23. The molecule has 1 aromatic carbocycles. The zero-order valence-electron chi connectivity index (χ0n) is 23.3. The average molecular weight is 585 g/mol. The molecule has 6 rings (SSSR count). The van der Waals surface area contributed by atoms with E-state index in [1.54, 1.807) is 19.4 Å². The Balaban J connectivity index is 0.00000337. The number of amidine groups is 1. The maximum Gasteiger partial charge on any atom is 0.259 e. The summed E-state index contributed by atoms with van der Waals surface area (Å²) in [5.41, 5.74) is 7.92. The van der Waals surface area contributed by atoms with Gasteiger partial charge in [0.1, 0.15) is 17.3 Å². The predicted octanol–water partition coefficient (Wildman–Crippen LogP) is 1.64. The van der Waals surface area contributed by atoms with Gasteiger partial charge in [-0.25, -0.2) is 9.98 Å². The number of carbonyl (C=O) groups is 1. The zero-order valence-corrected chi connectivity index (χ0v) is 24.1. The van der Waals surface area contributed by atoms with Crippen molar-refractivity contribution in [2.45, 2.75) is 18.9 Å². The van der Waals surface area contributed by atoms with Crippen molar-refractivity contribution in [3.05, 3.63) is 41.6 Å². The number of morpholine rings is 1. The molecule has 2 aromatic rings. The second-order valence-corrected chi connectivity index (χ2v) is 10.3. The van der Waals surface area contributed by atoms with Gasteiger partial charge >= 0.3 is 0 Å². The van der Waals surface area contributed by atoms with Crippen LogP contribution in [-0.4, -0.2) is 111 Å². The number of hydrogen-bond donors (Lipinski definition) is 2. The molecule has 4 aliphatic heterocycles. The monoisotopic (exact) mass is 584 g/mol. The van der Waals surface area contributed by atoms with Crippen LogP contribution < -0.4 is 25.4 Å². The van der Waals surface area contributed by atoms with Crippen molar-refractivity contribution in [2.24, 2.45) is 15.7 Å². The lowest BCUT2D eigenvalue weighted by atomic mass is 10.1. The van der Waals surface area contributed by atoms with E-state index in [0.29, 0.717) is 48.4 Å². The van der Waals surface area contributed by atoms with Gasteiger partial charge in [0.2, 0.25) is 5.96 Å². The number of methoxy groups -OCH3 is 1. The van der Waals surface area contributed by atoms with Gasteiger partial charge in [-0.1, -0.05) is 0 Å². The lowest BCUT2D eigenvalue weighted by Crippen LogP contribution is -2.47. The fraction of sp³-hybridized carbons (Fsp3) is 0.500. The molecule has 0 spiro atoms. The highest BCUT2D eigenvalue weighted by atomic mass is 35.5. The summed E-state index contributed by atoms with van der Waals surface area (Å²) in [6.45, 7) is 7.87. The number of carbonyl (C=O) groups excluding carboxylic acids is 1. The van der Waals surface area contributed by atoms with Gasteiger partial charge in [-0.15, -0.1) is 12.4 Å². The van der Waals surface area contributed by atoms with E-state index in [9.17, 15) is 4.79 Å². The smallest absolute Gasteiger partial charge is 0.259 e. The maximum absolute atomic E-state index is 13.2. The number of ether oxygens (including phenoxy) is 3. The number of hydrogen-bond acceptors (Lipinski definition) is 11. The number of nitrogens with zero attached hydrogens (tertiary/aromatic N) is 6. The highest BCUT2D eigenvalue weighted by Gasteiger charge is 2.33. The lowest BCUT2D eigenvalue weighted by molar-refractivity contribution is 0.0357. The Hall–Kier alpha value is -3.45. The number of amides is 1. The molecular weight excluding hydrogens is 548 g/mol. The van der Waals surface area contributed by atoms with Gasteiger partial charge in [-0.05, 0) is 37.1 Å². The molecule has 0 radical (unpaired) electrons. The van der Waals surface area contributed by atoms with Crippen LogP contribution in [0.4, 0.5) is 11.5 Å². The van der Waals surface area contributed by atoms with Crippen molar-refractivity contribution in [1.82, 2.24) is 20.1 Å². The second kappa shape index (κ2) is 13.0. The van der Waals surface area contributed by atoms with Crippen LogP contribution in [0.1, 0.15) is 28.8 Å². The molecular formula is C28H37ClN8O4. The summed E-state index contributed by atoms with van der Waals surface area (Å²) in [5, 5.41) is 2.97. The van der Waals surface area contributed by atoms with Crippen LogP contribution in [-0.2, 0) is 4.74 Å². The molecule has 1 amide bonds. The molecule has 0 aliphatic carbocycles. The van der Waals surface area contributed by atoms with Crippen molar-refractivity contribution in [2.75, 3.05) is 77.6 Å². The van der Waals surface area contributed by atoms with Gasteiger partial charge in [-0.2, -0.15) is 0 Å². The van der Waals surface area contributed by atoms with Crippen LogP contribution in [0.25, 0.3) is 0 Å². The van der Waals surface area contributed by atoms with E-state index in [1.165, 1.54) is 0 Å². The third-order valence-electron chi connectivity index (χ3n) is 7.62.